The molecule has 2 fully saturated rings. The Morgan fingerprint density at radius 3 is 2.74 bits per heavy atom. The van der Waals surface area contributed by atoms with E-state index in [-0.39, 0.29) is 29.3 Å². The average molecular weight is 264 g/mol. The first-order valence-corrected chi connectivity index (χ1v) is 6.60. The van der Waals surface area contributed by atoms with Gasteiger partial charge in [0, 0.05) is 24.2 Å². The van der Waals surface area contributed by atoms with Crippen molar-refractivity contribution in [3.8, 4) is 0 Å². The summed E-state index contributed by atoms with van der Waals surface area (Å²) in [6, 6.07) is 2.01. The Kier molecular flexibility index (Phi) is 3.33. The minimum absolute atomic E-state index is 0.0927. The highest BCUT2D eigenvalue weighted by atomic mass is 19.1. The Morgan fingerprint density at radius 1 is 1.42 bits per heavy atom. The molecule has 2 aliphatic heterocycles. The Bertz CT molecular complexity index is 480. The van der Waals surface area contributed by atoms with E-state index in [1.807, 2.05) is 0 Å². The number of morpholine rings is 1. The molecule has 0 spiro atoms. The van der Waals surface area contributed by atoms with Crippen LogP contribution in [0.1, 0.15) is 23.2 Å². The first-order valence-electron chi connectivity index (χ1n) is 6.60. The fraction of sp³-hybridized carbons (Fsp3) is 0.571. The maximum absolute atomic E-state index is 13.6. The predicted molar refractivity (Wildman–Crippen MR) is 67.4 cm³/mol. The molecule has 1 aromatic heterocycles. The summed E-state index contributed by atoms with van der Waals surface area (Å²) in [5.41, 5.74) is 0.170. The van der Waals surface area contributed by atoms with Crippen LogP contribution < -0.4 is 0 Å². The number of halogens is 1. The molecule has 4 nitrogen and oxygen atoms in total. The van der Waals surface area contributed by atoms with Crippen molar-refractivity contribution in [3.05, 3.63) is 29.8 Å². The number of ether oxygens (including phenoxy) is 1. The lowest BCUT2D eigenvalue weighted by Crippen LogP contribution is -2.55. The van der Waals surface area contributed by atoms with Crippen molar-refractivity contribution < 1.29 is 13.9 Å². The van der Waals surface area contributed by atoms with Gasteiger partial charge in [-0.05, 0) is 26.0 Å². The summed E-state index contributed by atoms with van der Waals surface area (Å²) < 4.78 is 19.2. The summed E-state index contributed by atoms with van der Waals surface area (Å²) in [5.74, 6) is -0.718. The maximum atomic E-state index is 13.6. The van der Waals surface area contributed by atoms with Crippen LogP contribution in [0, 0.1) is 11.7 Å². The number of Topliss-reactive ketones (excluding diaryl/α,β-unsaturated/α-hetero) is 1. The van der Waals surface area contributed by atoms with Crippen molar-refractivity contribution in [2.75, 3.05) is 20.3 Å². The number of aromatic nitrogens is 1. The molecule has 0 aliphatic carbocycles. The van der Waals surface area contributed by atoms with E-state index < -0.39 is 5.82 Å². The molecule has 0 N–H and O–H groups in total. The quantitative estimate of drug-likeness (QED) is 0.759. The molecule has 0 radical (unpaired) electrons. The van der Waals surface area contributed by atoms with Crippen LogP contribution >= 0.6 is 0 Å². The Morgan fingerprint density at radius 2 is 2.11 bits per heavy atom. The standard InChI is InChI=1S/C14H17FN2O2/c1-17-10-4-9(5-11(17)8-19-7-10)14(18)12-2-3-16-6-13(12)15/h2-3,6,9-11H,4-5,7-8H2,1H3. The number of carbonyl (C=O) groups excluding carboxylic acids is 1. The SMILES string of the molecule is CN1C2COCC1CC(C(=O)c1ccncc1F)C2. The zero-order valence-electron chi connectivity index (χ0n) is 10.9. The number of pyridine rings is 1. The zero-order chi connectivity index (χ0) is 13.4. The first kappa shape index (κ1) is 12.7. The molecule has 2 aliphatic rings. The van der Waals surface area contributed by atoms with Crippen LogP contribution in [0.3, 0.4) is 0 Å². The highest BCUT2D eigenvalue weighted by molar-refractivity contribution is 5.98. The average Bonchev–Trinajstić information content (AvgIpc) is 2.38. The number of likely N-dealkylation sites (N-methyl/N-ethyl adjacent to an activating group) is 1. The number of fused-ring (bicyclic) bond motifs is 2. The molecule has 3 heterocycles. The second-order valence-corrected chi connectivity index (χ2v) is 5.40. The Labute approximate surface area is 111 Å². The van der Waals surface area contributed by atoms with Crippen LogP contribution in [-0.4, -0.2) is 48.0 Å². The smallest absolute Gasteiger partial charge is 0.169 e. The van der Waals surface area contributed by atoms with Gasteiger partial charge in [-0.2, -0.15) is 0 Å². The molecule has 0 aromatic carbocycles. The van der Waals surface area contributed by atoms with Gasteiger partial charge in [0.15, 0.2) is 11.6 Å². The number of piperidine rings is 1. The van der Waals surface area contributed by atoms with E-state index in [0.29, 0.717) is 13.2 Å². The summed E-state index contributed by atoms with van der Waals surface area (Å²) in [5, 5.41) is 0. The van der Waals surface area contributed by atoms with E-state index in [0.717, 1.165) is 19.0 Å². The van der Waals surface area contributed by atoms with Gasteiger partial charge in [-0.15, -0.1) is 0 Å². The van der Waals surface area contributed by atoms with E-state index in [1.165, 1.54) is 12.3 Å². The van der Waals surface area contributed by atoms with Crippen molar-refractivity contribution in [2.45, 2.75) is 24.9 Å². The lowest BCUT2D eigenvalue weighted by atomic mass is 9.81. The highest BCUT2D eigenvalue weighted by Crippen LogP contribution is 2.32. The molecule has 5 heteroatoms. The van der Waals surface area contributed by atoms with Crippen LogP contribution in [0.5, 0.6) is 0 Å². The molecule has 0 saturated carbocycles. The van der Waals surface area contributed by atoms with Gasteiger partial charge >= 0.3 is 0 Å². The Hall–Kier alpha value is -1.33. The molecular formula is C14H17FN2O2. The third kappa shape index (κ3) is 2.28. The van der Waals surface area contributed by atoms with Gasteiger partial charge in [0.05, 0.1) is 25.0 Å². The fourth-order valence-electron chi connectivity index (χ4n) is 3.10. The van der Waals surface area contributed by atoms with Gasteiger partial charge in [-0.1, -0.05) is 0 Å². The van der Waals surface area contributed by atoms with Gasteiger partial charge < -0.3 is 4.74 Å². The fourth-order valence-corrected chi connectivity index (χ4v) is 3.10. The van der Waals surface area contributed by atoms with E-state index >= 15 is 0 Å². The van der Waals surface area contributed by atoms with Gasteiger partial charge in [-0.3, -0.25) is 14.7 Å². The molecule has 0 amide bonds. The van der Waals surface area contributed by atoms with Crippen molar-refractivity contribution in [1.82, 2.24) is 9.88 Å². The molecule has 2 saturated heterocycles. The van der Waals surface area contributed by atoms with E-state index in [2.05, 4.69) is 16.9 Å². The molecular weight excluding hydrogens is 247 g/mol. The van der Waals surface area contributed by atoms with Crippen molar-refractivity contribution in [3.63, 3.8) is 0 Å². The normalized spacial score (nSPS) is 31.2. The Balaban J connectivity index is 1.80. The summed E-state index contributed by atoms with van der Waals surface area (Å²) in [7, 11) is 2.07. The minimum Gasteiger partial charge on any atom is -0.378 e. The number of rotatable bonds is 2. The van der Waals surface area contributed by atoms with Crippen LogP contribution in [0.2, 0.25) is 0 Å². The lowest BCUT2D eigenvalue weighted by Gasteiger charge is -2.46. The topological polar surface area (TPSA) is 42.4 Å². The molecule has 19 heavy (non-hydrogen) atoms. The lowest BCUT2D eigenvalue weighted by molar-refractivity contribution is -0.0702. The second-order valence-electron chi connectivity index (χ2n) is 5.40. The monoisotopic (exact) mass is 264 g/mol. The highest BCUT2D eigenvalue weighted by Gasteiger charge is 2.39. The third-order valence-corrected chi connectivity index (χ3v) is 4.29. The summed E-state index contributed by atoms with van der Waals surface area (Å²) >= 11 is 0. The maximum Gasteiger partial charge on any atom is 0.169 e. The third-order valence-electron chi connectivity index (χ3n) is 4.29. The van der Waals surface area contributed by atoms with Gasteiger partial charge in [-0.25, -0.2) is 4.39 Å². The molecule has 2 atom stereocenters. The van der Waals surface area contributed by atoms with Crippen LogP contribution in [0.25, 0.3) is 0 Å². The number of carbonyl (C=O) groups is 1. The minimum atomic E-state index is -0.521. The van der Waals surface area contributed by atoms with E-state index in [9.17, 15) is 9.18 Å². The summed E-state index contributed by atoms with van der Waals surface area (Å²) in [6.45, 7) is 1.32. The second kappa shape index (κ2) is 4.98. The van der Waals surface area contributed by atoms with Crippen molar-refractivity contribution in [1.29, 1.82) is 0 Å². The number of hydrogen-bond donors (Lipinski definition) is 0. The number of ketones is 1. The number of hydrogen-bond acceptors (Lipinski definition) is 4. The molecule has 3 rings (SSSR count). The van der Waals surface area contributed by atoms with Crippen LogP contribution in [-0.2, 0) is 4.74 Å². The molecule has 102 valence electrons. The summed E-state index contributed by atoms with van der Waals surface area (Å²) in [6.07, 6.45) is 4.06. The van der Waals surface area contributed by atoms with Crippen LogP contribution in [0.15, 0.2) is 18.5 Å². The van der Waals surface area contributed by atoms with Gasteiger partial charge in [0.2, 0.25) is 0 Å². The van der Waals surface area contributed by atoms with E-state index in [4.69, 9.17) is 4.74 Å². The zero-order valence-corrected chi connectivity index (χ0v) is 10.9. The first-order chi connectivity index (χ1) is 9.16. The molecule has 2 bridgehead atoms. The van der Waals surface area contributed by atoms with Gasteiger partial charge in [0.25, 0.3) is 0 Å². The molecule has 2 unspecified atom stereocenters. The molecule has 1 aromatic rings. The number of nitrogens with zero attached hydrogens (tertiary/aromatic N) is 2. The predicted octanol–water partition coefficient (Wildman–Crippen LogP) is 1.51. The van der Waals surface area contributed by atoms with Gasteiger partial charge in [0.1, 0.15) is 0 Å². The summed E-state index contributed by atoms with van der Waals surface area (Å²) in [4.78, 5) is 18.4. The van der Waals surface area contributed by atoms with E-state index in [1.54, 1.807) is 0 Å². The largest absolute Gasteiger partial charge is 0.378 e. The van der Waals surface area contributed by atoms with Crippen LogP contribution in [0.4, 0.5) is 4.39 Å². The van der Waals surface area contributed by atoms with Crippen molar-refractivity contribution in [2.24, 2.45) is 5.92 Å². The van der Waals surface area contributed by atoms with Crippen molar-refractivity contribution >= 4 is 5.78 Å².